The van der Waals surface area contributed by atoms with Gasteiger partial charge in [0.25, 0.3) is 5.91 Å². The lowest BCUT2D eigenvalue weighted by Crippen LogP contribution is -2.16. The number of nitrogens with two attached hydrogens (primary N) is 1. The number of rotatable bonds is 3. The van der Waals surface area contributed by atoms with Crippen molar-refractivity contribution < 1.29 is 9.32 Å². The minimum Gasteiger partial charge on any atom is -0.382 e. The predicted octanol–water partition coefficient (Wildman–Crippen LogP) is 1.36. The van der Waals surface area contributed by atoms with E-state index in [9.17, 15) is 4.79 Å². The van der Waals surface area contributed by atoms with Crippen LogP contribution < -0.4 is 11.1 Å². The normalized spacial score (nSPS) is 10.3. The molecule has 1 amide bonds. The molecular weight excluding hydrogens is 272 g/mol. The van der Waals surface area contributed by atoms with Crippen molar-refractivity contribution in [3.05, 3.63) is 48.7 Å². The molecule has 0 fully saturated rings. The molecule has 8 heteroatoms. The van der Waals surface area contributed by atoms with Gasteiger partial charge in [-0.3, -0.25) is 4.79 Å². The van der Waals surface area contributed by atoms with Gasteiger partial charge in [0, 0.05) is 23.6 Å². The van der Waals surface area contributed by atoms with Gasteiger partial charge in [-0.15, -0.1) is 0 Å². The minimum absolute atomic E-state index is 0.0819. The zero-order valence-electron chi connectivity index (χ0n) is 10.7. The lowest BCUT2D eigenvalue weighted by Gasteiger charge is -2.06. The maximum atomic E-state index is 12.0. The van der Waals surface area contributed by atoms with Crippen LogP contribution in [0.1, 0.15) is 10.5 Å². The van der Waals surface area contributed by atoms with E-state index in [0.717, 1.165) is 5.56 Å². The fourth-order valence-electron chi connectivity index (χ4n) is 1.71. The van der Waals surface area contributed by atoms with Crippen molar-refractivity contribution in [1.82, 2.24) is 20.1 Å². The summed E-state index contributed by atoms with van der Waals surface area (Å²) in [5, 5.41) is 6.41. The highest BCUT2D eigenvalue weighted by molar-refractivity contribution is 6.05. The van der Waals surface area contributed by atoms with Crippen molar-refractivity contribution in [2.24, 2.45) is 0 Å². The van der Waals surface area contributed by atoms with E-state index in [1.807, 2.05) is 0 Å². The van der Waals surface area contributed by atoms with E-state index in [0.29, 0.717) is 11.5 Å². The Hall–Kier alpha value is -3.29. The number of amides is 1. The highest BCUT2D eigenvalue weighted by Gasteiger charge is 2.12. The van der Waals surface area contributed by atoms with E-state index in [1.165, 1.54) is 18.8 Å². The molecule has 3 N–H and O–H groups in total. The van der Waals surface area contributed by atoms with Crippen molar-refractivity contribution in [3.63, 3.8) is 0 Å². The van der Waals surface area contributed by atoms with Gasteiger partial charge in [0.05, 0.1) is 0 Å². The molecule has 3 aromatic rings. The zero-order valence-corrected chi connectivity index (χ0v) is 10.7. The molecule has 3 rings (SSSR count). The zero-order chi connectivity index (χ0) is 14.7. The summed E-state index contributed by atoms with van der Waals surface area (Å²) in [5.41, 5.74) is 7.06. The lowest BCUT2D eigenvalue weighted by atomic mass is 10.2. The summed E-state index contributed by atoms with van der Waals surface area (Å²) in [6, 6.07) is 6.97. The second-order valence-corrected chi connectivity index (χ2v) is 4.08. The molecule has 0 aliphatic heterocycles. The Bertz CT molecular complexity index is 755. The third-order valence-electron chi connectivity index (χ3n) is 2.70. The van der Waals surface area contributed by atoms with Gasteiger partial charge in [0.15, 0.2) is 11.5 Å². The van der Waals surface area contributed by atoms with Gasteiger partial charge in [0.2, 0.25) is 12.2 Å². The third-order valence-corrected chi connectivity index (χ3v) is 2.70. The van der Waals surface area contributed by atoms with Gasteiger partial charge >= 0.3 is 0 Å². The number of benzene rings is 1. The van der Waals surface area contributed by atoms with Gasteiger partial charge in [-0.1, -0.05) is 5.16 Å². The Balaban J connectivity index is 1.77. The molecule has 1 aromatic carbocycles. The Labute approximate surface area is 119 Å². The molecule has 0 unspecified atom stereocenters. The summed E-state index contributed by atoms with van der Waals surface area (Å²) in [7, 11) is 0. The van der Waals surface area contributed by atoms with Gasteiger partial charge < -0.3 is 15.6 Å². The van der Waals surface area contributed by atoms with Crippen molar-refractivity contribution in [3.8, 4) is 11.4 Å². The minimum atomic E-state index is -0.423. The van der Waals surface area contributed by atoms with E-state index >= 15 is 0 Å². The molecule has 0 aliphatic rings. The van der Waals surface area contributed by atoms with Crippen molar-refractivity contribution in [1.29, 1.82) is 0 Å². The molecule has 8 nitrogen and oxygen atoms in total. The van der Waals surface area contributed by atoms with Crippen LogP contribution >= 0.6 is 0 Å². The Kier molecular flexibility index (Phi) is 3.26. The summed E-state index contributed by atoms with van der Waals surface area (Å²) in [4.78, 5) is 23.7. The van der Waals surface area contributed by atoms with Crippen LogP contribution in [-0.2, 0) is 0 Å². The third kappa shape index (κ3) is 2.68. The predicted molar refractivity (Wildman–Crippen MR) is 74.1 cm³/mol. The molecule has 21 heavy (non-hydrogen) atoms. The number of carbonyl (C=O) groups is 1. The first-order chi connectivity index (χ1) is 10.2. The molecule has 0 spiro atoms. The first-order valence-corrected chi connectivity index (χ1v) is 5.98. The average molecular weight is 282 g/mol. The summed E-state index contributed by atoms with van der Waals surface area (Å²) < 4.78 is 4.67. The summed E-state index contributed by atoms with van der Waals surface area (Å²) >= 11 is 0. The molecular formula is C13H10N6O2. The number of carbonyl (C=O) groups excluding carboxylic acids is 1. The van der Waals surface area contributed by atoms with Gasteiger partial charge in [0.1, 0.15) is 0 Å². The summed E-state index contributed by atoms with van der Waals surface area (Å²) in [5.74, 6) is 0.136. The molecule has 0 saturated heterocycles. The van der Waals surface area contributed by atoms with Crippen molar-refractivity contribution in [2.45, 2.75) is 0 Å². The fraction of sp³-hybridized carbons (Fsp3) is 0. The molecule has 104 valence electrons. The van der Waals surface area contributed by atoms with Gasteiger partial charge in [-0.25, -0.2) is 9.97 Å². The second kappa shape index (κ2) is 5.37. The highest BCUT2D eigenvalue weighted by atomic mass is 16.5. The van der Waals surface area contributed by atoms with Crippen LogP contribution in [-0.4, -0.2) is 26.0 Å². The molecule has 2 aromatic heterocycles. The van der Waals surface area contributed by atoms with E-state index in [1.54, 1.807) is 24.3 Å². The van der Waals surface area contributed by atoms with E-state index in [2.05, 4.69) is 29.9 Å². The molecule has 0 radical (unpaired) electrons. The van der Waals surface area contributed by atoms with Gasteiger partial charge in [-0.05, 0) is 24.3 Å². The van der Waals surface area contributed by atoms with Crippen LogP contribution in [0, 0.1) is 0 Å². The first-order valence-electron chi connectivity index (χ1n) is 5.98. The molecule has 0 atom stereocenters. The van der Waals surface area contributed by atoms with Crippen LogP contribution in [0.3, 0.4) is 0 Å². The largest absolute Gasteiger partial charge is 0.382 e. The molecule has 0 bridgehead atoms. The monoisotopic (exact) mass is 282 g/mol. The Morgan fingerprint density at radius 1 is 1.10 bits per heavy atom. The lowest BCUT2D eigenvalue weighted by molar-refractivity contribution is 0.102. The van der Waals surface area contributed by atoms with Crippen molar-refractivity contribution >= 4 is 17.4 Å². The second-order valence-electron chi connectivity index (χ2n) is 4.08. The maximum Gasteiger partial charge on any atom is 0.278 e. The number of nitrogens with one attached hydrogen (secondary N) is 1. The number of anilines is 2. The van der Waals surface area contributed by atoms with E-state index in [-0.39, 0.29) is 11.5 Å². The van der Waals surface area contributed by atoms with Crippen LogP contribution in [0.4, 0.5) is 11.5 Å². The number of hydrogen-bond donors (Lipinski definition) is 2. The average Bonchev–Trinajstić information content (AvgIpc) is 3.02. The molecule has 0 saturated carbocycles. The first kappa shape index (κ1) is 12.7. The number of nitrogens with zero attached hydrogens (tertiary/aromatic N) is 4. The number of hydrogen-bond acceptors (Lipinski definition) is 7. The topological polar surface area (TPSA) is 120 Å². The van der Waals surface area contributed by atoms with Crippen LogP contribution in [0.25, 0.3) is 11.4 Å². The highest BCUT2D eigenvalue weighted by Crippen LogP contribution is 2.18. The van der Waals surface area contributed by atoms with E-state index in [4.69, 9.17) is 5.73 Å². The quantitative estimate of drug-likeness (QED) is 0.744. The van der Waals surface area contributed by atoms with Crippen LogP contribution in [0.5, 0.6) is 0 Å². The van der Waals surface area contributed by atoms with Crippen molar-refractivity contribution in [2.75, 3.05) is 11.1 Å². The summed E-state index contributed by atoms with van der Waals surface area (Å²) in [6.07, 6.45) is 4.08. The number of aromatic nitrogens is 4. The van der Waals surface area contributed by atoms with Crippen LogP contribution in [0.15, 0.2) is 47.6 Å². The Morgan fingerprint density at radius 2 is 1.86 bits per heavy atom. The van der Waals surface area contributed by atoms with Gasteiger partial charge in [-0.2, -0.15) is 4.98 Å². The Morgan fingerprint density at radius 3 is 2.52 bits per heavy atom. The standard InChI is InChI=1S/C13H10N6O2/c14-11-10(15-5-6-16-11)13(20)18-9-3-1-8(2-4-9)12-17-7-21-19-12/h1-7H,(H2,14,16)(H,18,20). The SMILES string of the molecule is Nc1nccnc1C(=O)Nc1ccc(-c2ncon2)cc1. The molecule has 0 aliphatic carbocycles. The smallest absolute Gasteiger partial charge is 0.278 e. The van der Waals surface area contributed by atoms with E-state index < -0.39 is 5.91 Å². The van der Waals surface area contributed by atoms with Crippen LogP contribution in [0.2, 0.25) is 0 Å². The fourth-order valence-corrected chi connectivity index (χ4v) is 1.71. The number of nitrogen functional groups attached to an aromatic ring is 1. The summed E-state index contributed by atoms with van der Waals surface area (Å²) in [6.45, 7) is 0. The maximum absolute atomic E-state index is 12.0. The molecule has 2 heterocycles.